The van der Waals surface area contributed by atoms with E-state index < -0.39 is 0 Å². The lowest BCUT2D eigenvalue weighted by Crippen LogP contribution is -2.18. The van der Waals surface area contributed by atoms with E-state index >= 15 is 0 Å². The molecule has 0 fully saturated rings. The maximum atomic E-state index is 6.17. The molecule has 2 aromatic heterocycles. The van der Waals surface area contributed by atoms with Crippen molar-refractivity contribution in [1.82, 2.24) is 10.3 Å². The van der Waals surface area contributed by atoms with Crippen LogP contribution in [0.25, 0.3) is 0 Å². The Balaban J connectivity index is 2.19. The molecule has 0 saturated carbocycles. The fraction of sp³-hybridized carbons (Fsp3) is 0.364. The fourth-order valence-electron chi connectivity index (χ4n) is 1.63. The summed E-state index contributed by atoms with van der Waals surface area (Å²) in [5, 5.41) is 6.43. The number of aryl methyl sites for hydroxylation is 1. The lowest BCUT2D eigenvalue weighted by Gasteiger charge is -2.13. The predicted octanol–water partition coefficient (Wildman–Crippen LogP) is 4.32. The molecule has 1 N–H and O–H groups in total. The van der Waals surface area contributed by atoms with Crippen LogP contribution in [0.5, 0.6) is 0 Å². The molecule has 2 heterocycles. The molecular formula is C11H12Cl2N2S2. The van der Waals surface area contributed by atoms with E-state index in [9.17, 15) is 0 Å². The molecule has 2 nitrogen and oxygen atoms in total. The first-order valence-corrected chi connectivity index (χ1v) is 7.58. The Kier molecular flexibility index (Phi) is 4.44. The van der Waals surface area contributed by atoms with Crippen LogP contribution in [-0.2, 0) is 6.42 Å². The Morgan fingerprint density at radius 2 is 2.24 bits per heavy atom. The standard InChI is InChI=1S/C11H12Cl2N2S2/c1-6-5-16-10(15-6)4-8(14-2)7-3-9(12)17-11(7)13/h3,5,8,14H,4H2,1-2H3. The maximum Gasteiger partial charge on any atom is 0.0992 e. The van der Waals surface area contributed by atoms with E-state index in [-0.39, 0.29) is 6.04 Å². The fourth-order valence-corrected chi connectivity index (χ4v) is 4.03. The first-order valence-electron chi connectivity index (χ1n) is 5.13. The van der Waals surface area contributed by atoms with Crippen LogP contribution in [0.3, 0.4) is 0 Å². The lowest BCUT2D eigenvalue weighted by molar-refractivity contribution is 0.592. The Labute approximate surface area is 119 Å². The third-order valence-electron chi connectivity index (χ3n) is 2.45. The van der Waals surface area contributed by atoms with E-state index in [2.05, 4.69) is 15.7 Å². The molecule has 0 aromatic carbocycles. The number of nitrogens with zero attached hydrogens (tertiary/aromatic N) is 1. The molecule has 1 atom stereocenters. The minimum absolute atomic E-state index is 0.164. The number of likely N-dealkylation sites (N-methyl/N-ethyl adjacent to an activating group) is 1. The van der Waals surface area contributed by atoms with E-state index in [1.165, 1.54) is 11.3 Å². The monoisotopic (exact) mass is 306 g/mol. The summed E-state index contributed by atoms with van der Waals surface area (Å²) in [5.74, 6) is 0. The summed E-state index contributed by atoms with van der Waals surface area (Å²) in [4.78, 5) is 4.47. The van der Waals surface area contributed by atoms with Crippen LogP contribution in [0.2, 0.25) is 8.67 Å². The molecule has 0 aliphatic rings. The Morgan fingerprint density at radius 1 is 1.47 bits per heavy atom. The number of halogens is 2. The third-order valence-corrected chi connectivity index (χ3v) is 4.96. The summed E-state index contributed by atoms with van der Waals surface area (Å²) < 4.78 is 1.48. The highest BCUT2D eigenvalue weighted by Gasteiger charge is 2.17. The largest absolute Gasteiger partial charge is 0.313 e. The number of aromatic nitrogens is 1. The van der Waals surface area contributed by atoms with Crippen LogP contribution in [0, 0.1) is 6.92 Å². The number of hydrogen-bond donors (Lipinski definition) is 1. The normalized spacial score (nSPS) is 12.9. The van der Waals surface area contributed by atoms with Crippen molar-refractivity contribution in [2.45, 2.75) is 19.4 Å². The van der Waals surface area contributed by atoms with Gasteiger partial charge in [-0.05, 0) is 20.0 Å². The van der Waals surface area contributed by atoms with Crippen LogP contribution >= 0.6 is 45.9 Å². The summed E-state index contributed by atoms with van der Waals surface area (Å²) >= 11 is 15.2. The summed E-state index contributed by atoms with van der Waals surface area (Å²) in [6, 6.07) is 2.09. The summed E-state index contributed by atoms with van der Waals surface area (Å²) in [6.07, 6.45) is 0.835. The molecule has 1 unspecified atom stereocenters. The van der Waals surface area contributed by atoms with Crippen LogP contribution in [0.4, 0.5) is 0 Å². The van der Waals surface area contributed by atoms with E-state index in [4.69, 9.17) is 23.2 Å². The van der Waals surface area contributed by atoms with Gasteiger partial charge in [0.1, 0.15) is 0 Å². The molecule has 0 spiro atoms. The molecule has 0 aliphatic heterocycles. The quantitative estimate of drug-likeness (QED) is 0.910. The predicted molar refractivity (Wildman–Crippen MR) is 76.7 cm³/mol. The number of nitrogens with one attached hydrogen (secondary N) is 1. The average molecular weight is 307 g/mol. The molecule has 0 saturated heterocycles. The Hall–Kier alpha value is -0.130. The van der Waals surface area contributed by atoms with Gasteiger partial charge in [0.05, 0.1) is 13.7 Å². The molecule has 92 valence electrons. The van der Waals surface area contributed by atoms with Gasteiger partial charge >= 0.3 is 0 Å². The second-order valence-electron chi connectivity index (χ2n) is 3.71. The minimum atomic E-state index is 0.164. The maximum absolute atomic E-state index is 6.17. The zero-order chi connectivity index (χ0) is 12.4. The highest BCUT2D eigenvalue weighted by atomic mass is 35.5. The summed E-state index contributed by atoms with van der Waals surface area (Å²) in [5.41, 5.74) is 2.12. The second kappa shape index (κ2) is 5.67. The van der Waals surface area contributed by atoms with E-state index in [0.29, 0.717) is 0 Å². The van der Waals surface area contributed by atoms with Gasteiger partial charge in [-0.25, -0.2) is 4.98 Å². The summed E-state index contributed by atoms with van der Waals surface area (Å²) in [7, 11) is 1.92. The van der Waals surface area contributed by atoms with Gasteiger partial charge in [0.2, 0.25) is 0 Å². The number of thiophene rings is 1. The van der Waals surface area contributed by atoms with Crippen LogP contribution in [0.15, 0.2) is 11.4 Å². The first kappa shape index (κ1) is 13.3. The number of rotatable bonds is 4. The van der Waals surface area contributed by atoms with E-state index in [1.807, 2.05) is 20.0 Å². The van der Waals surface area contributed by atoms with Gasteiger partial charge in [-0.15, -0.1) is 22.7 Å². The lowest BCUT2D eigenvalue weighted by atomic mass is 10.1. The van der Waals surface area contributed by atoms with Gasteiger partial charge in [0.15, 0.2) is 0 Å². The third kappa shape index (κ3) is 3.20. The number of hydrogen-bond acceptors (Lipinski definition) is 4. The van der Waals surface area contributed by atoms with Crippen LogP contribution < -0.4 is 5.32 Å². The molecule has 0 amide bonds. The van der Waals surface area contributed by atoms with Gasteiger partial charge in [0, 0.05) is 29.1 Å². The molecule has 2 aromatic rings. The smallest absolute Gasteiger partial charge is 0.0992 e. The molecule has 0 aliphatic carbocycles. The van der Waals surface area contributed by atoms with Crippen LogP contribution in [0.1, 0.15) is 22.3 Å². The van der Waals surface area contributed by atoms with Crippen molar-refractivity contribution in [2.75, 3.05) is 7.05 Å². The molecule has 6 heteroatoms. The Bertz CT molecular complexity index is 507. The number of thiazole rings is 1. The zero-order valence-electron chi connectivity index (χ0n) is 9.46. The van der Waals surface area contributed by atoms with Gasteiger partial charge in [0.25, 0.3) is 0 Å². The van der Waals surface area contributed by atoms with Crippen molar-refractivity contribution in [3.63, 3.8) is 0 Å². The van der Waals surface area contributed by atoms with Gasteiger partial charge < -0.3 is 5.32 Å². The van der Waals surface area contributed by atoms with Crippen LogP contribution in [-0.4, -0.2) is 12.0 Å². The topological polar surface area (TPSA) is 24.9 Å². The molecule has 0 bridgehead atoms. The minimum Gasteiger partial charge on any atom is -0.313 e. The highest BCUT2D eigenvalue weighted by Crippen LogP contribution is 2.36. The van der Waals surface area contributed by atoms with Gasteiger partial charge in [-0.1, -0.05) is 23.2 Å². The molecule has 17 heavy (non-hydrogen) atoms. The van der Waals surface area contributed by atoms with Crippen molar-refractivity contribution in [3.8, 4) is 0 Å². The SMILES string of the molecule is CNC(Cc1nc(C)cs1)c1cc(Cl)sc1Cl. The average Bonchev–Trinajstić information content (AvgIpc) is 2.82. The Morgan fingerprint density at radius 3 is 2.71 bits per heavy atom. The van der Waals surface area contributed by atoms with Crippen molar-refractivity contribution in [3.05, 3.63) is 36.4 Å². The van der Waals surface area contributed by atoms with Gasteiger partial charge in [-0.3, -0.25) is 0 Å². The molecule has 0 radical (unpaired) electrons. The first-order chi connectivity index (χ1) is 8.10. The second-order valence-corrected chi connectivity index (χ2v) is 6.94. The molecular weight excluding hydrogens is 295 g/mol. The summed E-state index contributed by atoms with van der Waals surface area (Å²) in [6.45, 7) is 2.00. The van der Waals surface area contributed by atoms with E-state index in [0.717, 1.165) is 31.4 Å². The van der Waals surface area contributed by atoms with Crippen molar-refractivity contribution in [2.24, 2.45) is 0 Å². The van der Waals surface area contributed by atoms with Crippen molar-refractivity contribution < 1.29 is 0 Å². The zero-order valence-corrected chi connectivity index (χ0v) is 12.6. The van der Waals surface area contributed by atoms with E-state index in [1.54, 1.807) is 11.3 Å². The molecule has 2 rings (SSSR count). The van der Waals surface area contributed by atoms with Crippen molar-refractivity contribution >= 4 is 45.9 Å². The van der Waals surface area contributed by atoms with Crippen molar-refractivity contribution in [1.29, 1.82) is 0 Å². The highest BCUT2D eigenvalue weighted by molar-refractivity contribution is 7.20. The van der Waals surface area contributed by atoms with Gasteiger partial charge in [-0.2, -0.15) is 0 Å².